The Morgan fingerprint density at radius 1 is 1.29 bits per heavy atom. The number of nitrogen functional groups attached to an aromatic ring is 1. The molecule has 0 fully saturated rings. The van der Waals surface area contributed by atoms with E-state index in [9.17, 15) is 14.9 Å². The molecule has 0 atom stereocenters. The Hall–Kier alpha value is -3.58. The number of nitro benzene ring substituents is 1. The molecule has 160 valence electrons. The highest BCUT2D eigenvalue weighted by Crippen LogP contribution is 2.25. The molecule has 0 saturated carbocycles. The van der Waals surface area contributed by atoms with Gasteiger partial charge in [0.25, 0.3) is 11.6 Å². The molecule has 0 unspecified atom stereocenters. The fourth-order valence-corrected chi connectivity index (χ4v) is 3.61. The summed E-state index contributed by atoms with van der Waals surface area (Å²) in [6, 6.07) is 13.5. The van der Waals surface area contributed by atoms with Crippen LogP contribution in [0.4, 0.5) is 17.3 Å². The number of hydrogen-bond acceptors (Lipinski definition) is 10. The van der Waals surface area contributed by atoms with E-state index in [1.165, 1.54) is 23.0 Å². The lowest BCUT2D eigenvalue weighted by molar-refractivity contribution is -0.384. The number of non-ortho nitro benzene ring substituents is 1. The maximum Gasteiger partial charge on any atom is 0.270 e. The molecule has 31 heavy (non-hydrogen) atoms. The monoisotopic (exact) mass is 458 g/mol. The molecular weight excluding hydrogens is 440 g/mol. The second-order valence-electron chi connectivity index (χ2n) is 5.94. The number of nitro groups is 1. The van der Waals surface area contributed by atoms with E-state index < -0.39 is 4.92 Å². The smallest absolute Gasteiger partial charge is 0.270 e. The third-order valence-corrected chi connectivity index (χ3v) is 5.58. The molecule has 0 spiro atoms. The van der Waals surface area contributed by atoms with Crippen LogP contribution in [0.3, 0.4) is 0 Å². The zero-order valence-corrected chi connectivity index (χ0v) is 17.9. The number of benzene rings is 2. The van der Waals surface area contributed by atoms with Gasteiger partial charge in [-0.25, -0.2) is 10.1 Å². The van der Waals surface area contributed by atoms with Crippen molar-refractivity contribution in [3.8, 4) is 0 Å². The van der Waals surface area contributed by atoms with Crippen molar-refractivity contribution >= 4 is 53.0 Å². The summed E-state index contributed by atoms with van der Waals surface area (Å²) >= 11 is 2.67. The Morgan fingerprint density at radius 3 is 2.87 bits per heavy atom. The van der Waals surface area contributed by atoms with Crippen molar-refractivity contribution in [3.63, 3.8) is 0 Å². The van der Waals surface area contributed by atoms with Crippen LogP contribution in [0.2, 0.25) is 0 Å². The minimum atomic E-state index is -0.485. The molecule has 1 aromatic heterocycles. The van der Waals surface area contributed by atoms with Gasteiger partial charge in [-0.3, -0.25) is 14.9 Å². The van der Waals surface area contributed by atoms with Gasteiger partial charge in [0, 0.05) is 22.6 Å². The average molecular weight is 459 g/mol. The van der Waals surface area contributed by atoms with Crippen LogP contribution < -0.4 is 16.6 Å². The average Bonchev–Trinajstić information content (AvgIpc) is 3.12. The van der Waals surface area contributed by atoms with Gasteiger partial charge in [-0.1, -0.05) is 36.0 Å². The number of para-hydroxylation sites is 1. The lowest BCUT2D eigenvalue weighted by atomic mass is 10.2. The summed E-state index contributed by atoms with van der Waals surface area (Å²) in [5.41, 5.74) is 3.85. The van der Waals surface area contributed by atoms with E-state index in [-0.39, 0.29) is 23.3 Å². The number of carbonyl (C=O) groups excluding carboxylic acids is 1. The maximum atomic E-state index is 12.2. The highest BCUT2D eigenvalue weighted by Gasteiger charge is 2.13. The molecule has 1 amide bonds. The summed E-state index contributed by atoms with van der Waals surface area (Å²) in [4.78, 5) is 23.5. The quantitative estimate of drug-likeness (QED) is 0.144. The van der Waals surface area contributed by atoms with Crippen LogP contribution >= 0.6 is 23.5 Å². The van der Waals surface area contributed by atoms with Crippen molar-refractivity contribution in [2.45, 2.75) is 10.1 Å². The van der Waals surface area contributed by atoms with E-state index in [1.807, 2.05) is 30.5 Å². The Kier molecular flexibility index (Phi) is 7.45. The number of nitrogens with one attached hydrogen (secondary N) is 2. The first kappa shape index (κ1) is 22.1. The van der Waals surface area contributed by atoms with Gasteiger partial charge in [-0.2, -0.15) is 5.10 Å². The maximum absolute atomic E-state index is 12.2. The van der Waals surface area contributed by atoms with Gasteiger partial charge in [-0.05, 0) is 18.4 Å². The normalized spacial score (nSPS) is 10.9. The predicted octanol–water partition coefficient (Wildman–Crippen LogP) is 2.80. The number of rotatable bonds is 9. The molecule has 3 aromatic rings. The molecule has 0 bridgehead atoms. The third kappa shape index (κ3) is 5.96. The van der Waals surface area contributed by atoms with E-state index in [1.54, 1.807) is 23.9 Å². The molecule has 3 rings (SSSR count). The Labute approximate surface area is 185 Å². The van der Waals surface area contributed by atoms with Gasteiger partial charge in [0.05, 0.1) is 22.6 Å². The molecule has 0 aliphatic heterocycles. The van der Waals surface area contributed by atoms with Gasteiger partial charge in [-0.15, -0.1) is 22.0 Å². The second kappa shape index (κ2) is 10.4. The standard InChI is InChI=1S/C18H18N8O3S2/c1-30-15-8-3-2-7-14(15)21-16(27)11-31-18-24-23-17(25(18)19)22-20-10-12-5-4-6-13(9-12)26(28)29/h2-10H,11,19H2,1H3,(H,21,27)(H,22,23)/b20-10+. The number of anilines is 2. The van der Waals surface area contributed by atoms with Gasteiger partial charge >= 0.3 is 0 Å². The molecule has 0 radical (unpaired) electrons. The number of carbonyl (C=O) groups is 1. The van der Waals surface area contributed by atoms with Crippen LogP contribution in [0.25, 0.3) is 0 Å². The zero-order valence-electron chi connectivity index (χ0n) is 16.3. The highest BCUT2D eigenvalue weighted by molar-refractivity contribution is 7.99. The number of aromatic nitrogens is 3. The summed E-state index contributed by atoms with van der Waals surface area (Å²) in [6.45, 7) is 0. The third-order valence-electron chi connectivity index (χ3n) is 3.84. The number of nitrogens with zero attached hydrogens (tertiary/aromatic N) is 5. The van der Waals surface area contributed by atoms with Crippen molar-refractivity contribution in [2.75, 3.05) is 28.6 Å². The second-order valence-corrected chi connectivity index (χ2v) is 7.73. The van der Waals surface area contributed by atoms with E-state index >= 15 is 0 Å². The van der Waals surface area contributed by atoms with E-state index in [0.29, 0.717) is 10.7 Å². The highest BCUT2D eigenvalue weighted by atomic mass is 32.2. The molecule has 1 heterocycles. The summed E-state index contributed by atoms with van der Waals surface area (Å²) in [5.74, 6) is 5.98. The first-order chi connectivity index (χ1) is 15.0. The van der Waals surface area contributed by atoms with Crippen molar-refractivity contribution < 1.29 is 9.72 Å². The minimum Gasteiger partial charge on any atom is -0.334 e. The van der Waals surface area contributed by atoms with E-state index in [0.717, 1.165) is 22.3 Å². The first-order valence-corrected chi connectivity index (χ1v) is 11.0. The zero-order chi connectivity index (χ0) is 22.2. The van der Waals surface area contributed by atoms with Gasteiger partial charge < -0.3 is 11.2 Å². The summed E-state index contributed by atoms with van der Waals surface area (Å²) in [5, 5.41) is 25.8. The molecule has 4 N–H and O–H groups in total. The molecule has 0 aliphatic rings. The topological polar surface area (TPSA) is 153 Å². The number of amides is 1. The fourth-order valence-electron chi connectivity index (χ4n) is 2.40. The molecule has 0 aliphatic carbocycles. The Balaban J connectivity index is 1.56. The first-order valence-electron chi connectivity index (χ1n) is 8.77. The minimum absolute atomic E-state index is 0.0388. The summed E-state index contributed by atoms with van der Waals surface area (Å²) in [7, 11) is 0. The van der Waals surface area contributed by atoms with Crippen molar-refractivity contribution in [1.82, 2.24) is 14.9 Å². The number of thioether (sulfide) groups is 2. The lowest BCUT2D eigenvalue weighted by Gasteiger charge is -2.08. The largest absolute Gasteiger partial charge is 0.334 e. The number of hydrazone groups is 1. The van der Waals surface area contributed by atoms with Crippen LogP contribution in [-0.2, 0) is 4.79 Å². The van der Waals surface area contributed by atoms with Crippen molar-refractivity contribution in [1.29, 1.82) is 0 Å². The number of hydrogen-bond donors (Lipinski definition) is 3. The van der Waals surface area contributed by atoms with Gasteiger partial charge in [0.2, 0.25) is 11.1 Å². The van der Waals surface area contributed by atoms with Crippen LogP contribution in [0.1, 0.15) is 5.56 Å². The lowest BCUT2D eigenvalue weighted by Crippen LogP contribution is -2.17. The Morgan fingerprint density at radius 2 is 2.10 bits per heavy atom. The van der Waals surface area contributed by atoms with Crippen LogP contribution in [-0.4, -0.2) is 43.9 Å². The predicted molar refractivity (Wildman–Crippen MR) is 122 cm³/mol. The number of nitrogens with two attached hydrogens (primary N) is 1. The van der Waals surface area contributed by atoms with Crippen molar-refractivity contribution in [3.05, 3.63) is 64.2 Å². The molecule has 11 nitrogen and oxygen atoms in total. The van der Waals surface area contributed by atoms with Gasteiger partial charge in [0.1, 0.15) is 0 Å². The van der Waals surface area contributed by atoms with Crippen LogP contribution in [0.5, 0.6) is 0 Å². The van der Waals surface area contributed by atoms with E-state index in [2.05, 4.69) is 26.0 Å². The molecule has 2 aromatic carbocycles. The molecule has 13 heteroatoms. The Bertz CT molecular complexity index is 1120. The van der Waals surface area contributed by atoms with Gasteiger partial charge in [0.15, 0.2) is 0 Å². The molecule has 0 saturated heterocycles. The summed E-state index contributed by atoms with van der Waals surface area (Å²) in [6.07, 6.45) is 3.33. The summed E-state index contributed by atoms with van der Waals surface area (Å²) < 4.78 is 1.17. The van der Waals surface area contributed by atoms with Crippen molar-refractivity contribution in [2.24, 2.45) is 5.10 Å². The van der Waals surface area contributed by atoms with Crippen LogP contribution in [0.15, 0.2) is 63.7 Å². The molecular formula is C18H18N8O3S2. The van der Waals surface area contributed by atoms with E-state index in [4.69, 9.17) is 5.84 Å². The van der Waals surface area contributed by atoms with Crippen LogP contribution in [0, 0.1) is 10.1 Å². The SMILES string of the molecule is CSc1ccccc1NC(=O)CSc1nnc(N/N=C/c2cccc([N+](=O)[O-])c2)n1N. The fraction of sp³-hybridized carbons (Fsp3) is 0.111.